The molecular weight excluding hydrogens is 120 g/mol. The number of carbonyl (C=O) groups excluding carboxylic acids is 1. The van der Waals surface area contributed by atoms with Crippen LogP contribution >= 0.6 is 0 Å². The summed E-state index contributed by atoms with van der Waals surface area (Å²) in [5, 5.41) is 9.49. The topological polar surface area (TPSA) is 55.2 Å². The van der Waals surface area contributed by atoms with Gasteiger partial charge in [-0.3, -0.25) is 0 Å². The Morgan fingerprint density at radius 1 is 1.78 bits per heavy atom. The highest BCUT2D eigenvalue weighted by molar-refractivity contribution is 5.76. The first-order valence-electron chi connectivity index (χ1n) is 3.02. The smallest absolute Gasteiger partial charge is 0.317 e. The number of amides is 2. The molecule has 1 heterocycles. The number of urea groups is 1. The first-order chi connectivity index (χ1) is 4.34. The molecule has 0 atom stereocenters. The van der Waals surface area contributed by atoms with Crippen LogP contribution in [0.2, 0.25) is 0 Å². The van der Waals surface area contributed by atoms with E-state index in [1.165, 1.54) is 0 Å². The lowest BCUT2D eigenvalue weighted by Crippen LogP contribution is -2.30. The molecule has 0 aromatic carbocycles. The van der Waals surface area contributed by atoms with Crippen molar-refractivity contribution in [1.29, 1.82) is 0 Å². The molecule has 1 saturated heterocycles. The van der Waals surface area contributed by atoms with Gasteiger partial charge in [0.15, 0.2) is 6.61 Å². The molecule has 0 saturated carbocycles. The third-order valence-corrected chi connectivity index (χ3v) is 1.33. The molecule has 4 nitrogen and oxygen atoms in total. The average Bonchev–Trinajstić information content (AvgIpc) is 2.18. The second-order valence-corrected chi connectivity index (χ2v) is 1.97. The van der Waals surface area contributed by atoms with Gasteiger partial charge in [-0.25, -0.2) is 4.79 Å². The number of rotatable bonds is 2. The summed E-state index contributed by atoms with van der Waals surface area (Å²) in [6, 6.07) is -0.0257. The molecule has 0 unspecified atom stereocenters. The van der Waals surface area contributed by atoms with E-state index in [9.17, 15) is 4.79 Å². The van der Waals surface area contributed by atoms with Gasteiger partial charge in [0.25, 0.3) is 0 Å². The maximum atomic E-state index is 10.7. The quantitative estimate of drug-likeness (QED) is 0.467. The summed E-state index contributed by atoms with van der Waals surface area (Å²) in [6.45, 7) is 2.36. The lowest BCUT2D eigenvalue weighted by Gasteiger charge is -2.08. The minimum atomic E-state index is -0.0257. The number of nitrogens with one attached hydrogen (secondary N) is 1. The van der Waals surface area contributed by atoms with Crippen LogP contribution in [0.1, 0.15) is 0 Å². The zero-order valence-electron chi connectivity index (χ0n) is 5.18. The monoisotopic (exact) mass is 131 g/mol. The van der Waals surface area contributed by atoms with E-state index in [1.807, 2.05) is 0 Å². The van der Waals surface area contributed by atoms with Gasteiger partial charge in [-0.2, -0.15) is 0 Å². The lowest BCUT2D eigenvalue weighted by atomic mass is 10.5. The fraction of sp³-hybridized carbons (Fsp3) is 0.800. The third kappa shape index (κ3) is 1.32. The van der Waals surface area contributed by atoms with E-state index in [0.29, 0.717) is 13.2 Å². The molecule has 0 aliphatic carbocycles. The zero-order chi connectivity index (χ0) is 6.69. The van der Waals surface area contributed by atoms with E-state index in [2.05, 4.69) is 5.32 Å². The molecule has 0 bridgehead atoms. The molecule has 3 N–H and O–H groups in total. The number of carbonyl (C=O) groups is 1. The summed E-state index contributed by atoms with van der Waals surface area (Å²) in [5.41, 5.74) is 0. The van der Waals surface area contributed by atoms with Crippen molar-refractivity contribution in [3.8, 4) is 0 Å². The number of hydrogen-bond acceptors (Lipinski definition) is 1. The number of hydrogen-bond donors (Lipinski definition) is 1. The predicted molar refractivity (Wildman–Crippen MR) is 33.5 cm³/mol. The normalized spacial score (nSPS) is 18.3. The molecule has 1 aliphatic heterocycles. The summed E-state index contributed by atoms with van der Waals surface area (Å²) < 4.78 is 0. The Morgan fingerprint density at radius 3 is 3.00 bits per heavy atom. The van der Waals surface area contributed by atoms with Crippen LogP contribution in [0.15, 0.2) is 0 Å². The van der Waals surface area contributed by atoms with Gasteiger partial charge in [0.05, 0.1) is 6.54 Å². The van der Waals surface area contributed by atoms with Crippen molar-refractivity contribution in [2.45, 2.75) is 0 Å². The van der Waals surface area contributed by atoms with E-state index >= 15 is 0 Å². The second kappa shape index (κ2) is 2.68. The van der Waals surface area contributed by atoms with Crippen molar-refractivity contribution >= 4 is 6.03 Å². The fourth-order valence-corrected chi connectivity index (χ4v) is 0.859. The largest absolute Gasteiger partial charge is 0.444 e. The number of nitrogens with zero attached hydrogens (tertiary/aromatic N) is 1. The van der Waals surface area contributed by atoms with Gasteiger partial charge >= 0.3 is 6.03 Å². The first-order valence-corrected chi connectivity index (χ1v) is 3.02. The van der Waals surface area contributed by atoms with Gasteiger partial charge in [0, 0.05) is 13.1 Å². The van der Waals surface area contributed by atoms with Crippen LogP contribution in [-0.4, -0.2) is 42.3 Å². The van der Waals surface area contributed by atoms with Crippen LogP contribution in [0, 0.1) is 0 Å². The summed E-state index contributed by atoms with van der Waals surface area (Å²) in [5.74, 6) is 0. The van der Waals surface area contributed by atoms with E-state index < -0.39 is 0 Å². The van der Waals surface area contributed by atoms with E-state index in [0.717, 1.165) is 13.1 Å². The van der Waals surface area contributed by atoms with Gasteiger partial charge in [0.1, 0.15) is 0 Å². The SMILES string of the molecule is O=C1NCCN1CC[OH2+]. The molecule has 0 aromatic rings. The highest BCUT2D eigenvalue weighted by atomic mass is 16.3. The lowest BCUT2D eigenvalue weighted by molar-refractivity contribution is 0.197. The highest BCUT2D eigenvalue weighted by Crippen LogP contribution is 1.93. The van der Waals surface area contributed by atoms with Crippen molar-refractivity contribution in [2.24, 2.45) is 0 Å². The van der Waals surface area contributed by atoms with Crippen LogP contribution in [0.3, 0.4) is 0 Å². The zero-order valence-corrected chi connectivity index (χ0v) is 5.18. The third-order valence-electron chi connectivity index (χ3n) is 1.33. The van der Waals surface area contributed by atoms with Gasteiger partial charge in [0.2, 0.25) is 0 Å². The molecule has 4 heteroatoms. The Bertz CT molecular complexity index is 116. The summed E-state index contributed by atoms with van der Waals surface area (Å²) in [7, 11) is 0. The summed E-state index contributed by atoms with van der Waals surface area (Å²) in [6.07, 6.45) is 0. The molecule has 0 spiro atoms. The Balaban J connectivity index is 2.31. The van der Waals surface area contributed by atoms with Crippen LogP contribution < -0.4 is 5.32 Å². The van der Waals surface area contributed by atoms with Crippen LogP contribution in [-0.2, 0) is 0 Å². The van der Waals surface area contributed by atoms with Crippen LogP contribution in [0.4, 0.5) is 4.79 Å². The maximum absolute atomic E-state index is 10.7. The van der Waals surface area contributed by atoms with Crippen LogP contribution in [0.5, 0.6) is 0 Å². The molecule has 9 heavy (non-hydrogen) atoms. The van der Waals surface area contributed by atoms with Crippen molar-refractivity contribution in [3.63, 3.8) is 0 Å². The molecule has 1 fully saturated rings. The summed E-state index contributed by atoms with van der Waals surface area (Å²) >= 11 is 0. The van der Waals surface area contributed by atoms with Crippen molar-refractivity contribution in [2.75, 3.05) is 26.2 Å². The van der Waals surface area contributed by atoms with Gasteiger partial charge in [-0.1, -0.05) is 0 Å². The van der Waals surface area contributed by atoms with E-state index in [1.54, 1.807) is 4.90 Å². The van der Waals surface area contributed by atoms with Gasteiger partial charge in [-0.05, 0) is 0 Å². The van der Waals surface area contributed by atoms with Gasteiger partial charge < -0.3 is 15.3 Å². The molecule has 1 rings (SSSR count). The Kier molecular flexibility index (Phi) is 1.89. The first kappa shape index (κ1) is 6.35. The van der Waals surface area contributed by atoms with E-state index in [4.69, 9.17) is 5.11 Å². The molecule has 52 valence electrons. The molecule has 0 radical (unpaired) electrons. The maximum Gasteiger partial charge on any atom is 0.317 e. The van der Waals surface area contributed by atoms with E-state index in [-0.39, 0.29) is 6.03 Å². The Labute approximate surface area is 53.5 Å². The molecule has 1 aliphatic rings. The average molecular weight is 131 g/mol. The summed E-state index contributed by atoms with van der Waals surface area (Å²) in [4.78, 5) is 12.3. The van der Waals surface area contributed by atoms with Crippen LogP contribution in [0.25, 0.3) is 0 Å². The van der Waals surface area contributed by atoms with Gasteiger partial charge in [-0.15, -0.1) is 0 Å². The minimum absolute atomic E-state index is 0.0257. The standard InChI is InChI=1S/C5H10N2O2/c8-4-3-7-2-1-6-5(7)9/h8H,1-4H2,(H,6,9)/p+1. The van der Waals surface area contributed by atoms with Crippen molar-refractivity contribution < 1.29 is 9.90 Å². The molecule has 0 aromatic heterocycles. The van der Waals surface area contributed by atoms with Crippen molar-refractivity contribution in [1.82, 2.24) is 10.2 Å². The Morgan fingerprint density at radius 2 is 2.56 bits per heavy atom. The fourth-order valence-electron chi connectivity index (χ4n) is 0.859. The highest BCUT2D eigenvalue weighted by Gasteiger charge is 2.18. The molecule has 2 amide bonds. The van der Waals surface area contributed by atoms with Crippen molar-refractivity contribution in [3.05, 3.63) is 0 Å². The Hall–Kier alpha value is -0.770. The minimum Gasteiger partial charge on any atom is -0.444 e. The molecular formula is C5H11N2O2+. The second-order valence-electron chi connectivity index (χ2n) is 1.97. The predicted octanol–water partition coefficient (Wildman–Crippen LogP) is -1.26.